The lowest BCUT2D eigenvalue weighted by molar-refractivity contribution is 0.104. The van der Waals surface area contributed by atoms with E-state index in [1.807, 2.05) is 6.08 Å². The van der Waals surface area contributed by atoms with Crippen LogP contribution < -0.4 is 5.32 Å². The van der Waals surface area contributed by atoms with Crippen LogP contribution in [0.3, 0.4) is 0 Å². The quantitative estimate of drug-likeness (QED) is 0.636. The maximum atomic E-state index is 10.1. The molecule has 0 aliphatic heterocycles. The summed E-state index contributed by atoms with van der Waals surface area (Å²) in [5.74, 6) is 1.42. The van der Waals surface area contributed by atoms with E-state index >= 15 is 0 Å². The molecule has 2 heteroatoms. The molecule has 0 aromatic heterocycles. The second-order valence-electron chi connectivity index (χ2n) is 5.83. The van der Waals surface area contributed by atoms with Crippen LogP contribution in [0.2, 0.25) is 0 Å². The van der Waals surface area contributed by atoms with E-state index in [9.17, 15) is 5.11 Å². The second-order valence-corrected chi connectivity index (χ2v) is 5.83. The highest BCUT2D eigenvalue weighted by molar-refractivity contribution is 4.89. The van der Waals surface area contributed by atoms with Crippen LogP contribution >= 0.6 is 0 Å². The first kappa shape index (κ1) is 13.1. The fourth-order valence-corrected chi connectivity index (χ4v) is 3.08. The molecule has 0 heterocycles. The third-order valence-electron chi connectivity index (χ3n) is 4.41. The van der Waals surface area contributed by atoms with Gasteiger partial charge < -0.3 is 10.4 Å². The van der Waals surface area contributed by atoms with Crippen molar-refractivity contribution in [3.8, 4) is 0 Å². The summed E-state index contributed by atoms with van der Waals surface area (Å²) in [6.07, 6.45) is 12.0. The zero-order valence-corrected chi connectivity index (χ0v) is 10.9. The Morgan fingerprint density at radius 3 is 2.47 bits per heavy atom. The summed E-state index contributed by atoms with van der Waals surface area (Å²) in [4.78, 5) is 0. The molecule has 0 aromatic carbocycles. The SMILES string of the molecule is C=CCCC(NCC(O)C1CCCC1)C1CC1. The summed E-state index contributed by atoms with van der Waals surface area (Å²) in [5, 5.41) is 13.7. The van der Waals surface area contributed by atoms with E-state index in [-0.39, 0.29) is 6.10 Å². The molecule has 98 valence electrons. The molecule has 0 saturated heterocycles. The van der Waals surface area contributed by atoms with Gasteiger partial charge in [-0.3, -0.25) is 0 Å². The maximum absolute atomic E-state index is 10.1. The Morgan fingerprint density at radius 1 is 1.18 bits per heavy atom. The molecule has 2 N–H and O–H groups in total. The molecule has 2 nitrogen and oxygen atoms in total. The average Bonchev–Trinajstić information content (AvgIpc) is 3.03. The van der Waals surface area contributed by atoms with Crippen LogP contribution in [0, 0.1) is 11.8 Å². The normalized spacial score (nSPS) is 24.8. The second kappa shape index (κ2) is 6.55. The van der Waals surface area contributed by atoms with Crippen molar-refractivity contribution in [2.45, 2.75) is 63.5 Å². The molecule has 0 amide bonds. The number of hydrogen-bond acceptors (Lipinski definition) is 2. The molecule has 2 saturated carbocycles. The van der Waals surface area contributed by atoms with Crippen LogP contribution in [0.25, 0.3) is 0 Å². The van der Waals surface area contributed by atoms with E-state index in [0.29, 0.717) is 12.0 Å². The summed E-state index contributed by atoms with van der Waals surface area (Å²) in [5.41, 5.74) is 0. The molecule has 2 aliphatic carbocycles. The van der Waals surface area contributed by atoms with Gasteiger partial charge in [-0.1, -0.05) is 18.9 Å². The van der Waals surface area contributed by atoms with Gasteiger partial charge in [-0.2, -0.15) is 0 Å². The zero-order chi connectivity index (χ0) is 12.1. The molecule has 2 rings (SSSR count). The molecule has 0 spiro atoms. The lowest BCUT2D eigenvalue weighted by atomic mass is 9.99. The van der Waals surface area contributed by atoms with Crippen molar-refractivity contribution >= 4 is 0 Å². The monoisotopic (exact) mass is 237 g/mol. The fraction of sp³-hybridized carbons (Fsp3) is 0.867. The molecule has 0 aromatic rings. The highest BCUT2D eigenvalue weighted by Gasteiger charge is 2.31. The Kier molecular flexibility index (Phi) is 5.05. The fourth-order valence-electron chi connectivity index (χ4n) is 3.08. The summed E-state index contributed by atoms with van der Waals surface area (Å²) in [7, 11) is 0. The molecular formula is C15H27NO. The van der Waals surface area contributed by atoms with Gasteiger partial charge >= 0.3 is 0 Å². The van der Waals surface area contributed by atoms with E-state index in [0.717, 1.165) is 18.9 Å². The Balaban J connectivity index is 1.68. The van der Waals surface area contributed by atoms with Crippen LogP contribution in [0.15, 0.2) is 12.7 Å². The van der Waals surface area contributed by atoms with Gasteiger partial charge in [0.05, 0.1) is 6.10 Å². The highest BCUT2D eigenvalue weighted by Crippen LogP contribution is 2.35. The summed E-state index contributed by atoms with van der Waals surface area (Å²) in [6.45, 7) is 4.59. The third kappa shape index (κ3) is 4.11. The van der Waals surface area contributed by atoms with Crippen molar-refractivity contribution in [1.82, 2.24) is 5.32 Å². The van der Waals surface area contributed by atoms with E-state index in [1.54, 1.807) is 0 Å². The molecule has 2 atom stereocenters. The first-order chi connectivity index (χ1) is 8.31. The van der Waals surface area contributed by atoms with Crippen LogP contribution in [0.1, 0.15) is 51.4 Å². The van der Waals surface area contributed by atoms with Gasteiger partial charge in [-0.05, 0) is 50.4 Å². The van der Waals surface area contributed by atoms with E-state index in [1.165, 1.54) is 44.9 Å². The standard InChI is InChI=1S/C15H27NO/c1-2-3-8-14(12-9-10-12)16-11-15(17)13-6-4-5-7-13/h2,12-17H,1,3-11H2. The molecule has 0 radical (unpaired) electrons. The zero-order valence-electron chi connectivity index (χ0n) is 10.9. The smallest absolute Gasteiger partial charge is 0.0692 e. The Hall–Kier alpha value is -0.340. The third-order valence-corrected chi connectivity index (χ3v) is 4.41. The summed E-state index contributed by atoms with van der Waals surface area (Å²) < 4.78 is 0. The Labute approximate surface area is 105 Å². The van der Waals surface area contributed by atoms with Crippen molar-refractivity contribution < 1.29 is 5.11 Å². The van der Waals surface area contributed by atoms with Crippen LogP contribution in [0.4, 0.5) is 0 Å². The molecule has 2 fully saturated rings. The molecule has 0 bridgehead atoms. The van der Waals surface area contributed by atoms with Gasteiger partial charge in [0, 0.05) is 12.6 Å². The average molecular weight is 237 g/mol. The van der Waals surface area contributed by atoms with Crippen molar-refractivity contribution in [1.29, 1.82) is 0 Å². The van der Waals surface area contributed by atoms with Crippen molar-refractivity contribution in [2.75, 3.05) is 6.54 Å². The van der Waals surface area contributed by atoms with E-state index < -0.39 is 0 Å². The summed E-state index contributed by atoms with van der Waals surface area (Å²) >= 11 is 0. The van der Waals surface area contributed by atoms with Gasteiger partial charge in [0.25, 0.3) is 0 Å². The minimum absolute atomic E-state index is 0.123. The van der Waals surface area contributed by atoms with Crippen LogP contribution in [0.5, 0.6) is 0 Å². The van der Waals surface area contributed by atoms with Crippen LogP contribution in [-0.2, 0) is 0 Å². The summed E-state index contributed by atoms with van der Waals surface area (Å²) in [6, 6.07) is 0.615. The largest absolute Gasteiger partial charge is 0.392 e. The van der Waals surface area contributed by atoms with E-state index in [4.69, 9.17) is 0 Å². The Morgan fingerprint density at radius 2 is 1.88 bits per heavy atom. The predicted molar refractivity (Wildman–Crippen MR) is 71.9 cm³/mol. The van der Waals surface area contributed by atoms with Crippen molar-refractivity contribution in [2.24, 2.45) is 11.8 Å². The number of aliphatic hydroxyl groups excluding tert-OH is 1. The van der Waals surface area contributed by atoms with Crippen molar-refractivity contribution in [3.05, 3.63) is 12.7 Å². The first-order valence-corrected chi connectivity index (χ1v) is 7.33. The number of rotatable bonds is 8. The van der Waals surface area contributed by atoms with Gasteiger partial charge in [0.2, 0.25) is 0 Å². The van der Waals surface area contributed by atoms with Gasteiger partial charge in [0.15, 0.2) is 0 Å². The number of hydrogen-bond donors (Lipinski definition) is 2. The predicted octanol–water partition coefficient (Wildman–Crippen LogP) is 2.87. The lowest BCUT2D eigenvalue weighted by Crippen LogP contribution is -2.39. The minimum Gasteiger partial charge on any atom is -0.392 e. The maximum Gasteiger partial charge on any atom is 0.0692 e. The van der Waals surface area contributed by atoms with E-state index in [2.05, 4.69) is 11.9 Å². The van der Waals surface area contributed by atoms with Crippen molar-refractivity contribution in [3.63, 3.8) is 0 Å². The highest BCUT2D eigenvalue weighted by atomic mass is 16.3. The molecule has 2 unspecified atom stereocenters. The Bertz CT molecular complexity index is 231. The number of allylic oxidation sites excluding steroid dienone is 1. The molecule has 2 aliphatic rings. The molecule has 17 heavy (non-hydrogen) atoms. The lowest BCUT2D eigenvalue weighted by Gasteiger charge is -2.23. The molecular weight excluding hydrogens is 210 g/mol. The van der Waals surface area contributed by atoms with Crippen LogP contribution in [-0.4, -0.2) is 23.8 Å². The number of nitrogens with one attached hydrogen (secondary N) is 1. The van der Waals surface area contributed by atoms with Gasteiger partial charge in [0.1, 0.15) is 0 Å². The number of aliphatic hydroxyl groups is 1. The van der Waals surface area contributed by atoms with Gasteiger partial charge in [-0.25, -0.2) is 0 Å². The topological polar surface area (TPSA) is 32.3 Å². The van der Waals surface area contributed by atoms with Gasteiger partial charge in [-0.15, -0.1) is 6.58 Å². The first-order valence-electron chi connectivity index (χ1n) is 7.33. The minimum atomic E-state index is -0.123.